The number of carbonyl (C=O) groups is 1. The second-order valence-corrected chi connectivity index (χ2v) is 4.51. The minimum Gasteiger partial charge on any atom is -0.387 e. The van der Waals surface area contributed by atoms with Crippen LogP contribution in [0, 0.1) is 5.92 Å². The molecule has 4 nitrogen and oxygen atoms in total. The van der Waals surface area contributed by atoms with E-state index in [-0.39, 0.29) is 5.91 Å². The minimum atomic E-state index is -0.0433. The maximum Gasteiger partial charge on any atom is 0.254 e. The van der Waals surface area contributed by atoms with E-state index in [0.717, 1.165) is 24.6 Å². The Morgan fingerprint density at radius 2 is 2.35 bits per heavy atom. The quantitative estimate of drug-likeness (QED) is 0.739. The Labute approximate surface area is 102 Å². The van der Waals surface area contributed by atoms with Gasteiger partial charge in [-0.3, -0.25) is 9.78 Å². The van der Waals surface area contributed by atoms with E-state index < -0.39 is 0 Å². The summed E-state index contributed by atoms with van der Waals surface area (Å²) in [5.41, 5.74) is 1.43. The van der Waals surface area contributed by atoms with Crippen LogP contribution in [0.3, 0.4) is 0 Å². The van der Waals surface area contributed by atoms with E-state index in [9.17, 15) is 4.79 Å². The highest BCUT2D eigenvalue weighted by atomic mass is 16.1. The molecular formula is C13H19N3O. The summed E-state index contributed by atoms with van der Waals surface area (Å²) in [6, 6.07) is 1.80. The van der Waals surface area contributed by atoms with Crippen molar-refractivity contribution >= 4 is 11.6 Å². The van der Waals surface area contributed by atoms with Gasteiger partial charge in [0.05, 0.1) is 5.56 Å². The lowest BCUT2D eigenvalue weighted by atomic mass is 10.2. The molecule has 0 radical (unpaired) electrons. The molecule has 17 heavy (non-hydrogen) atoms. The number of hydrogen-bond acceptors (Lipinski definition) is 3. The zero-order valence-electron chi connectivity index (χ0n) is 10.2. The van der Waals surface area contributed by atoms with E-state index in [4.69, 9.17) is 0 Å². The summed E-state index contributed by atoms with van der Waals surface area (Å²) in [5.74, 6) is 0.886. The molecule has 0 aromatic carbocycles. The van der Waals surface area contributed by atoms with Gasteiger partial charge in [0.15, 0.2) is 0 Å². The van der Waals surface area contributed by atoms with Crippen molar-refractivity contribution in [3.8, 4) is 0 Å². The third kappa shape index (κ3) is 3.44. The van der Waals surface area contributed by atoms with E-state index in [1.165, 1.54) is 19.3 Å². The number of pyridine rings is 1. The van der Waals surface area contributed by atoms with Gasteiger partial charge < -0.3 is 10.6 Å². The maximum absolute atomic E-state index is 11.9. The van der Waals surface area contributed by atoms with E-state index in [1.807, 2.05) is 0 Å². The van der Waals surface area contributed by atoms with Gasteiger partial charge in [0.1, 0.15) is 0 Å². The summed E-state index contributed by atoms with van der Waals surface area (Å²) in [5, 5.41) is 5.93. The molecule has 1 heterocycles. The van der Waals surface area contributed by atoms with Crippen molar-refractivity contribution in [1.82, 2.24) is 10.3 Å². The third-order valence-electron chi connectivity index (χ3n) is 3.11. The molecule has 0 spiro atoms. The van der Waals surface area contributed by atoms with Crippen molar-refractivity contribution in [3.05, 3.63) is 24.0 Å². The molecule has 0 unspecified atom stereocenters. The molecule has 4 heteroatoms. The van der Waals surface area contributed by atoms with Crippen molar-refractivity contribution in [2.75, 3.05) is 18.9 Å². The minimum absolute atomic E-state index is 0.0433. The molecule has 2 N–H and O–H groups in total. The smallest absolute Gasteiger partial charge is 0.254 e. The first-order chi connectivity index (χ1) is 8.31. The highest BCUT2D eigenvalue weighted by Gasteiger charge is 2.20. The summed E-state index contributed by atoms with van der Waals surface area (Å²) in [6.45, 7) is 0.757. The zero-order valence-corrected chi connectivity index (χ0v) is 10.2. The standard InChI is InChI=1S/C13H19N3O/c1-14-12-6-8-15-9-11(12)13(17)16-7-2-3-10-4-5-10/h6,8-10H,2-5,7H2,1H3,(H,14,15)(H,16,17). The number of nitrogens with one attached hydrogen (secondary N) is 2. The maximum atomic E-state index is 11.9. The van der Waals surface area contributed by atoms with E-state index >= 15 is 0 Å². The predicted octanol–water partition coefficient (Wildman–Crippen LogP) is 2.04. The molecule has 2 rings (SSSR count). The van der Waals surface area contributed by atoms with Gasteiger partial charge in [-0.05, 0) is 24.8 Å². The number of amides is 1. The van der Waals surface area contributed by atoms with Crippen LogP contribution >= 0.6 is 0 Å². The van der Waals surface area contributed by atoms with E-state index in [0.29, 0.717) is 5.56 Å². The van der Waals surface area contributed by atoms with Gasteiger partial charge in [0.2, 0.25) is 0 Å². The molecule has 1 fully saturated rings. The number of hydrogen-bond donors (Lipinski definition) is 2. The van der Waals surface area contributed by atoms with Gasteiger partial charge in [0, 0.05) is 31.7 Å². The largest absolute Gasteiger partial charge is 0.387 e. The normalized spacial score (nSPS) is 14.4. The van der Waals surface area contributed by atoms with Crippen LogP contribution in [0.4, 0.5) is 5.69 Å². The van der Waals surface area contributed by atoms with Gasteiger partial charge in [-0.15, -0.1) is 0 Å². The summed E-state index contributed by atoms with van der Waals surface area (Å²) in [4.78, 5) is 15.9. The van der Waals surface area contributed by atoms with Crippen molar-refractivity contribution in [3.63, 3.8) is 0 Å². The summed E-state index contributed by atoms with van der Waals surface area (Å²) >= 11 is 0. The van der Waals surface area contributed by atoms with Crippen molar-refractivity contribution < 1.29 is 4.79 Å². The Morgan fingerprint density at radius 3 is 3.06 bits per heavy atom. The second-order valence-electron chi connectivity index (χ2n) is 4.51. The molecule has 1 aliphatic rings. The SMILES string of the molecule is CNc1ccncc1C(=O)NCCCC1CC1. The topological polar surface area (TPSA) is 54.0 Å². The first kappa shape index (κ1) is 11.9. The lowest BCUT2D eigenvalue weighted by Gasteiger charge is -2.08. The molecule has 0 bridgehead atoms. The molecule has 92 valence electrons. The van der Waals surface area contributed by atoms with Crippen LogP contribution in [0.5, 0.6) is 0 Å². The van der Waals surface area contributed by atoms with Crippen LogP contribution in [0.2, 0.25) is 0 Å². The Hall–Kier alpha value is -1.58. The predicted molar refractivity (Wildman–Crippen MR) is 68.1 cm³/mol. The summed E-state index contributed by atoms with van der Waals surface area (Å²) in [7, 11) is 1.80. The molecule has 0 atom stereocenters. The van der Waals surface area contributed by atoms with Crippen LogP contribution < -0.4 is 10.6 Å². The molecule has 1 aromatic rings. The number of rotatable bonds is 6. The fraction of sp³-hybridized carbons (Fsp3) is 0.538. The molecule has 0 aliphatic heterocycles. The highest BCUT2D eigenvalue weighted by Crippen LogP contribution is 2.33. The molecule has 1 amide bonds. The Morgan fingerprint density at radius 1 is 1.53 bits per heavy atom. The number of aromatic nitrogens is 1. The summed E-state index contributed by atoms with van der Waals surface area (Å²) < 4.78 is 0. The highest BCUT2D eigenvalue weighted by molar-refractivity contribution is 5.99. The van der Waals surface area contributed by atoms with Crippen molar-refractivity contribution in [1.29, 1.82) is 0 Å². The van der Waals surface area contributed by atoms with Crippen LogP contribution in [0.1, 0.15) is 36.0 Å². The zero-order chi connectivity index (χ0) is 12.1. The fourth-order valence-corrected chi connectivity index (χ4v) is 1.89. The third-order valence-corrected chi connectivity index (χ3v) is 3.11. The van der Waals surface area contributed by atoms with Crippen LogP contribution in [-0.2, 0) is 0 Å². The van der Waals surface area contributed by atoms with Gasteiger partial charge >= 0.3 is 0 Å². The lowest BCUT2D eigenvalue weighted by molar-refractivity contribution is 0.0953. The monoisotopic (exact) mass is 233 g/mol. The second kappa shape index (κ2) is 5.66. The van der Waals surface area contributed by atoms with Gasteiger partial charge in [0.25, 0.3) is 5.91 Å². The Kier molecular flexibility index (Phi) is 3.96. The molecule has 0 saturated heterocycles. The molecule has 1 aromatic heterocycles. The Bertz CT molecular complexity index is 388. The molecular weight excluding hydrogens is 214 g/mol. The van der Waals surface area contributed by atoms with Crippen LogP contribution in [0.25, 0.3) is 0 Å². The van der Waals surface area contributed by atoms with Crippen LogP contribution in [0.15, 0.2) is 18.5 Å². The number of anilines is 1. The first-order valence-electron chi connectivity index (χ1n) is 6.21. The van der Waals surface area contributed by atoms with Gasteiger partial charge in [-0.2, -0.15) is 0 Å². The first-order valence-corrected chi connectivity index (χ1v) is 6.21. The molecule has 1 aliphatic carbocycles. The van der Waals surface area contributed by atoms with E-state index in [1.54, 1.807) is 25.5 Å². The average molecular weight is 233 g/mol. The summed E-state index contributed by atoms with van der Waals surface area (Å²) in [6.07, 6.45) is 8.34. The van der Waals surface area contributed by atoms with E-state index in [2.05, 4.69) is 15.6 Å². The van der Waals surface area contributed by atoms with Gasteiger partial charge in [-0.25, -0.2) is 0 Å². The van der Waals surface area contributed by atoms with Crippen molar-refractivity contribution in [2.45, 2.75) is 25.7 Å². The van der Waals surface area contributed by atoms with Crippen molar-refractivity contribution in [2.24, 2.45) is 5.92 Å². The van der Waals surface area contributed by atoms with Crippen LogP contribution in [-0.4, -0.2) is 24.5 Å². The average Bonchev–Trinajstić information content (AvgIpc) is 3.18. The Balaban J connectivity index is 1.80. The lowest BCUT2D eigenvalue weighted by Crippen LogP contribution is -2.25. The van der Waals surface area contributed by atoms with Gasteiger partial charge in [-0.1, -0.05) is 12.8 Å². The fourth-order valence-electron chi connectivity index (χ4n) is 1.89. The number of nitrogens with zero attached hydrogens (tertiary/aromatic N) is 1. The molecule has 1 saturated carbocycles. The number of carbonyl (C=O) groups excluding carboxylic acids is 1.